The molecule has 2 N–H and O–H groups in total. The molecule has 0 saturated heterocycles. The number of hydrogen-bond donors (Lipinski definition) is 1. The highest BCUT2D eigenvalue weighted by Crippen LogP contribution is 2.27. The molecule has 1 rings (SSSR count). The highest BCUT2D eigenvalue weighted by atomic mass is 79.9. The molecule has 4 heteroatoms. The van der Waals surface area contributed by atoms with E-state index in [2.05, 4.69) is 22.9 Å². The molecule has 0 heterocycles. The predicted octanol–water partition coefficient (Wildman–Crippen LogP) is 3.99. The van der Waals surface area contributed by atoms with E-state index in [0.29, 0.717) is 0 Å². The van der Waals surface area contributed by atoms with Crippen molar-refractivity contribution in [2.75, 3.05) is 18.1 Å². The van der Waals surface area contributed by atoms with Gasteiger partial charge in [-0.1, -0.05) is 28.9 Å². The first-order chi connectivity index (χ1) is 8.15. The Bertz CT molecular complexity index is 344. The largest absolute Gasteiger partial charge is 0.493 e. The maximum Gasteiger partial charge on any atom is 0.125 e. The van der Waals surface area contributed by atoms with Crippen molar-refractivity contribution in [3.8, 4) is 5.75 Å². The van der Waals surface area contributed by atoms with Crippen molar-refractivity contribution >= 4 is 27.7 Å². The molecule has 0 fully saturated rings. The minimum Gasteiger partial charge on any atom is -0.493 e. The second-order valence-electron chi connectivity index (χ2n) is 3.87. The molecule has 1 aromatic carbocycles. The van der Waals surface area contributed by atoms with Gasteiger partial charge in [0.15, 0.2) is 0 Å². The zero-order chi connectivity index (χ0) is 12.7. The summed E-state index contributed by atoms with van der Waals surface area (Å²) in [4.78, 5) is 0. The van der Waals surface area contributed by atoms with E-state index in [-0.39, 0.29) is 6.04 Å². The third-order valence-electron chi connectivity index (χ3n) is 2.36. The fourth-order valence-corrected chi connectivity index (χ4v) is 2.45. The van der Waals surface area contributed by atoms with Crippen LogP contribution in [0.25, 0.3) is 0 Å². The maximum atomic E-state index is 5.92. The van der Waals surface area contributed by atoms with Crippen LogP contribution in [0.5, 0.6) is 5.75 Å². The minimum atomic E-state index is 0.00289. The van der Waals surface area contributed by atoms with Gasteiger partial charge in [-0.3, -0.25) is 0 Å². The zero-order valence-electron chi connectivity index (χ0n) is 10.4. The monoisotopic (exact) mass is 317 g/mol. The van der Waals surface area contributed by atoms with Crippen molar-refractivity contribution in [1.82, 2.24) is 0 Å². The molecule has 0 saturated carbocycles. The SMILES string of the molecule is CCSCCCOc1cc(Br)ccc1C(C)N. The van der Waals surface area contributed by atoms with Crippen LogP contribution in [0.15, 0.2) is 22.7 Å². The molecule has 1 unspecified atom stereocenters. The average molecular weight is 318 g/mol. The molecular formula is C13H20BrNOS. The quantitative estimate of drug-likeness (QED) is 0.772. The van der Waals surface area contributed by atoms with E-state index >= 15 is 0 Å². The predicted molar refractivity (Wildman–Crippen MR) is 79.9 cm³/mol. The molecule has 0 aliphatic heterocycles. The molecule has 17 heavy (non-hydrogen) atoms. The van der Waals surface area contributed by atoms with Gasteiger partial charge in [0.05, 0.1) is 6.61 Å². The second kappa shape index (κ2) is 8.01. The fourth-order valence-electron chi connectivity index (χ4n) is 1.50. The lowest BCUT2D eigenvalue weighted by molar-refractivity contribution is 0.314. The molecule has 96 valence electrons. The number of nitrogens with two attached hydrogens (primary N) is 1. The topological polar surface area (TPSA) is 35.2 Å². The Kier molecular flexibility index (Phi) is 7.00. The van der Waals surface area contributed by atoms with Gasteiger partial charge in [-0.25, -0.2) is 0 Å². The molecule has 0 amide bonds. The number of hydrogen-bond acceptors (Lipinski definition) is 3. The molecule has 2 nitrogen and oxygen atoms in total. The average Bonchev–Trinajstić information content (AvgIpc) is 2.28. The van der Waals surface area contributed by atoms with Crippen molar-refractivity contribution in [3.63, 3.8) is 0 Å². The summed E-state index contributed by atoms with van der Waals surface area (Å²) in [6, 6.07) is 6.01. The van der Waals surface area contributed by atoms with Gasteiger partial charge in [-0.15, -0.1) is 0 Å². The Morgan fingerprint density at radius 2 is 2.24 bits per heavy atom. The van der Waals surface area contributed by atoms with Crippen LogP contribution in [-0.2, 0) is 0 Å². The van der Waals surface area contributed by atoms with Crippen LogP contribution in [0.1, 0.15) is 31.9 Å². The fraction of sp³-hybridized carbons (Fsp3) is 0.538. The summed E-state index contributed by atoms with van der Waals surface area (Å²) in [6.45, 7) is 4.90. The van der Waals surface area contributed by atoms with Crippen LogP contribution in [0.3, 0.4) is 0 Å². The third-order valence-corrected chi connectivity index (χ3v) is 3.84. The Morgan fingerprint density at radius 1 is 1.47 bits per heavy atom. The maximum absolute atomic E-state index is 5.92. The highest BCUT2D eigenvalue weighted by molar-refractivity contribution is 9.10. The summed E-state index contributed by atoms with van der Waals surface area (Å²) >= 11 is 5.40. The number of benzene rings is 1. The number of ether oxygens (including phenoxy) is 1. The van der Waals surface area contributed by atoms with E-state index in [1.807, 2.05) is 36.9 Å². The summed E-state index contributed by atoms with van der Waals surface area (Å²) in [5, 5.41) is 0. The van der Waals surface area contributed by atoms with E-state index < -0.39 is 0 Å². The van der Waals surface area contributed by atoms with Gasteiger partial charge in [0, 0.05) is 16.1 Å². The van der Waals surface area contributed by atoms with Gasteiger partial charge in [-0.05, 0) is 37.0 Å². The van der Waals surface area contributed by atoms with Crippen molar-refractivity contribution in [1.29, 1.82) is 0 Å². The van der Waals surface area contributed by atoms with E-state index in [0.717, 1.165) is 34.6 Å². The summed E-state index contributed by atoms with van der Waals surface area (Å²) in [5.41, 5.74) is 6.98. The molecule has 0 bridgehead atoms. The summed E-state index contributed by atoms with van der Waals surface area (Å²) < 4.78 is 6.83. The van der Waals surface area contributed by atoms with E-state index in [4.69, 9.17) is 10.5 Å². The van der Waals surface area contributed by atoms with Crippen LogP contribution < -0.4 is 10.5 Å². The number of halogens is 1. The molecule has 0 aliphatic carbocycles. The van der Waals surface area contributed by atoms with Gasteiger partial charge in [0.2, 0.25) is 0 Å². The van der Waals surface area contributed by atoms with Crippen LogP contribution in [-0.4, -0.2) is 18.1 Å². The Morgan fingerprint density at radius 3 is 2.88 bits per heavy atom. The van der Waals surface area contributed by atoms with Crippen molar-refractivity contribution in [2.24, 2.45) is 5.73 Å². The minimum absolute atomic E-state index is 0.00289. The van der Waals surface area contributed by atoms with E-state index in [1.54, 1.807) is 0 Å². The standard InChI is InChI=1S/C13H20BrNOS/c1-3-17-8-4-7-16-13-9-11(14)5-6-12(13)10(2)15/h5-6,9-10H,3-4,7-8,15H2,1-2H3. The van der Waals surface area contributed by atoms with Gasteiger partial charge in [0.25, 0.3) is 0 Å². The molecule has 1 atom stereocenters. The van der Waals surface area contributed by atoms with Crippen LogP contribution >= 0.6 is 27.7 Å². The van der Waals surface area contributed by atoms with Crippen molar-refractivity contribution in [2.45, 2.75) is 26.3 Å². The molecular weight excluding hydrogens is 298 g/mol. The van der Waals surface area contributed by atoms with Crippen LogP contribution in [0.4, 0.5) is 0 Å². The van der Waals surface area contributed by atoms with Crippen LogP contribution in [0, 0.1) is 0 Å². The summed E-state index contributed by atoms with van der Waals surface area (Å²) in [7, 11) is 0. The lowest BCUT2D eigenvalue weighted by Crippen LogP contribution is -2.09. The van der Waals surface area contributed by atoms with Gasteiger partial charge < -0.3 is 10.5 Å². The van der Waals surface area contributed by atoms with Gasteiger partial charge in [0.1, 0.15) is 5.75 Å². The Labute approximate surface area is 116 Å². The van der Waals surface area contributed by atoms with Crippen molar-refractivity contribution in [3.05, 3.63) is 28.2 Å². The van der Waals surface area contributed by atoms with Gasteiger partial charge in [-0.2, -0.15) is 11.8 Å². The zero-order valence-corrected chi connectivity index (χ0v) is 12.8. The lowest BCUT2D eigenvalue weighted by atomic mass is 10.1. The van der Waals surface area contributed by atoms with Crippen molar-refractivity contribution < 1.29 is 4.74 Å². The van der Waals surface area contributed by atoms with E-state index in [9.17, 15) is 0 Å². The highest BCUT2D eigenvalue weighted by Gasteiger charge is 2.08. The van der Waals surface area contributed by atoms with E-state index in [1.165, 1.54) is 5.75 Å². The summed E-state index contributed by atoms with van der Waals surface area (Å²) in [6.07, 6.45) is 1.07. The summed E-state index contributed by atoms with van der Waals surface area (Å²) in [5.74, 6) is 3.22. The Hall–Kier alpha value is -0.190. The number of rotatable bonds is 7. The van der Waals surface area contributed by atoms with Crippen LogP contribution in [0.2, 0.25) is 0 Å². The molecule has 0 aromatic heterocycles. The normalized spacial score (nSPS) is 12.5. The third kappa shape index (κ3) is 5.32. The molecule has 0 aliphatic rings. The number of thioether (sulfide) groups is 1. The smallest absolute Gasteiger partial charge is 0.125 e. The first-order valence-corrected chi connectivity index (χ1v) is 7.85. The first kappa shape index (κ1) is 14.9. The molecule has 0 radical (unpaired) electrons. The Balaban J connectivity index is 2.53. The molecule has 0 spiro atoms. The first-order valence-electron chi connectivity index (χ1n) is 5.90. The lowest BCUT2D eigenvalue weighted by Gasteiger charge is -2.14. The molecule has 1 aromatic rings. The second-order valence-corrected chi connectivity index (χ2v) is 6.18. The van der Waals surface area contributed by atoms with Gasteiger partial charge >= 0.3 is 0 Å².